The first-order valence-corrected chi connectivity index (χ1v) is 8.88. The molecule has 0 fully saturated rings. The van der Waals surface area contributed by atoms with Crippen molar-refractivity contribution in [1.29, 1.82) is 0 Å². The number of carbonyl (C=O) groups excluding carboxylic acids is 1. The van der Waals surface area contributed by atoms with Crippen molar-refractivity contribution >= 4 is 18.4 Å². The zero-order valence-corrected chi connectivity index (χ0v) is 14.2. The smallest absolute Gasteiger partial charge is 0.139 e. The monoisotopic (exact) mass is 286 g/mol. The van der Waals surface area contributed by atoms with Crippen molar-refractivity contribution in [3.8, 4) is 0 Å². The quantitative estimate of drug-likeness (QED) is 0.333. The van der Waals surface area contributed by atoms with E-state index in [0.717, 1.165) is 12.8 Å². The average molecular weight is 287 g/mol. The van der Waals surface area contributed by atoms with E-state index in [1.165, 1.54) is 51.4 Å². The van der Waals surface area contributed by atoms with Gasteiger partial charge in [0.25, 0.3) is 0 Å². The standard InChI is InChI=1S/C17H34OS/c1-4-6-8-10-13-17(3,16(18)12-15-19)14-11-9-7-5-2/h19H,4-15H2,1-3H3. The molecular weight excluding hydrogens is 252 g/mol. The summed E-state index contributed by atoms with van der Waals surface area (Å²) in [6, 6.07) is 0. The van der Waals surface area contributed by atoms with E-state index in [9.17, 15) is 4.79 Å². The SMILES string of the molecule is CCCCCCC(C)(CCCCCC)C(=O)CCS. The fourth-order valence-corrected chi connectivity index (χ4v) is 2.89. The minimum Gasteiger partial charge on any atom is -0.299 e. The minimum absolute atomic E-state index is 0.0792. The van der Waals surface area contributed by atoms with E-state index in [-0.39, 0.29) is 5.41 Å². The first-order valence-electron chi connectivity index (χ1n) is 8.25. The maximum Gasteiger partial charge on any atom is 0.139 e. The molecule has 0 aliphatic carbocycles. The molecule has 0 aromatic heterocycles. The van der Waals surface area contributed by atoms with Crippen LogP contribution < -0.4 is 0 Å². The third kappa shape index (κ3) is 8.73. The Labute approximate surface area is 126 Å². The second-order valence-corrected chi connectivity index (χ2v) is 6.53. The van der Waals surface area contributed by atoms with Crippen molar-refractivity contribution in [2.75, 3.05) is 5.75 Å². The van der Waals surface area contributed by atoms with E-state index >= 15 is 0 Å². The molecule has 0 unspecified atom stereocenters. The number of ketones is 1. The number of hydrogen-bond acceptors (Lipinski definition) is 2. The van der Waals surface area contributed by atoms with E-state index in [2.05, 4.69) is 33.4 Å². The van der Waals surface area contributed by atoms with E-state index in [4.69, 9.17) is 0 Å². The summed E-state index contributed by atoms with van der Waals surface area (Å²) in [5.41, 5.74) is -0.0792. The highest BCUT2D eigenvalue weighted by Crippen LogP contribution is 2.33. The molecule has 0 bridgehead atoms. The number of unbranched alkanes of at least 4 members (excludes halogenated alkanes) is 6. The fraction of sp³-hybridized carbons (Fsp3) is 0.941. The van der Waals surface area contributed by atoms with Gasteiger partial charge in [-0.15, -0.1) is 0 Å². The van der Waals surface area contributed by atoms with Crippen molar-refractivity contribution in [1.82, 2.24) is 0 Å². The maximum atomic E-state index is 12.3. The molecule has 114 valence electrons. The summed E-state index contributed by atoms with van der Waals surface area (Å²) in [7, 11) is 0. The van der Waals surface area contributed by atoms with Gasteiger partial charge in [-0.1, -0.05) is 72.1 Å². The molecule has 0 heterocycles. The molecule has 0 aromatic carbocycles. The van der Waals surface area contributed by atoms with Gasteiger partial charge < -0.3 is 0 Å². The van der Waals surface area contributed by atoms with Gasteiger partial charge in [-0.2, -0.15) is 12.6 Å². The van der Waals surface area contributed by atoms with Crippen LogP contribution in [0.15, 0.2) is 0 Å². The van der Waals surface area contributed by atoms with Gasteiger partial charge in [0.15, 0.2) is 0 Å². The normalized spacial score (nSPS) is 11.8. The lowest BCUT2D eigenvalue weighted by Crippen LogP contribution is -2.28. The minimum atomic E-state index is -0.0792. The molecule has 0 aromatic rings. The van der Waals surface area contributed by atoms with Crippen LogP contribution in [-0.4, -0.2) is 11.5 Å². The number of carbonyl (C=O) groups is 1. The van der Waals surface area contributed by atoms with Gasteiger partial charge in [0.2, 0.25) is 0 Å². The third-order valence-corrected chi connectivity index (χ3v) is 4.40. The van der Waals surface area contributed by atoms with Gasteiger partial charge in [0.05, 0.1) is 0 Å². The Kier molecular flexibility index (Phi) is 11.8. The van der Waals surface area contributed by atoms with Crippen LogP contribution >= 0.6 is 12.6 Å². The largest absolute Gasteiger partial charge is 0.299 e. The molecule has 0 amide bonds. The number of Topliss-reactive ketones (excluding diaryl/α,β-unsaturated/α-hetero) is 1. The molecule has 0 aliphatic heterocycles. The zero-order chi connectivity index (χ0) is 14.6. The molecule has 0 saturated heterocycles. The lowest BCUT2D eigenvalue weighted by molar-refractivity contribution is -0.128. The Balaban J connectivity index is 4.23. The van der Waals surface area contributed by atoms with Crippen LogP contribution in [-0.2, 0) is 4.79 Å². The summed E-state index contributed by atoms with van der Waals surface area (Å²) in [6.07, 6.45) is 12.9. The van der Waals surface area contributed by atoms with Crippen molar-refractivity contribution in [3.63, 3.8) is 0 Å². The van der Waals surface area contributed by atoms with E-state index in [0.29, 0.717) is 18.0 Å². The molecule has 1 nitrogen and oxygen atoms in total. The number of hydrogen-bond donors (Lipinski definition) is 1. The summed E-state index contributed by atoms with van der Waals surface area (Å²) >= 11 is 4.22. The summed E-state index contributed by atoms with van der Waals surface area (Å²) in [5, 5.41) is 0. The Morgan fingerprint density at radius 2 is 1.37 bits per heavy atom. The van der Waals surface area contributed by atoms with E-state index < -0.39 is 0 Å². The maximum absolute atomic E-state index is 12.3. The van der Waals surface area contributed by atoms with Crippen LogP contribution in [0.1, 0.15) is 91.4 Å². The molecule has 2 heteroatoms. The van der Waals surface area contributed by atoms with Crippen molar-refractivity contribution in [3.05, 3.63) is 0 Å². The van der Waals surface area contributed by atoms with Gasteiger partial charge >= 0.3 is 0 Å². The van der Waals surface area contributed by atoms with Gasteiger partial charge in [-0.3, -0.25) is 4.79 Å². The van der Waals surface area contributed by atoms with Gasteiger partial charge in [-0.05, 0) is 18.6 Å². The van der Waals surface area contributed by atoms with Crippen LogP contribution in [0.4, 0.5) is 0 Å². The molecule has 0 N–H and O–H groups in total. The second kappa shape index (κ2) is 11.8. The Hall–Kier alpha value is 0.0200. The molecule has 19 heavy (non-hydrogen) atoms. The van der Waals surface area contributed by atoms with Crippen molar-refractivity contribution in [2.24, 2.45) is 5.41 Å². The van der Waals surface area contributed by atoms with Crippen LogP contribution in [0, 0.1) is 5.41 Å². The van der Waals surface area contributed by atoms with Gasteiger partial charge in [-0.25, -0.2) is 0 Å². The van der Waals surface area contributed by atoms with E-state index in [1.807, 2.05) is 0 Å². The highest BCUT2D eigenvalue weighted by molar-refractivity contribution is 7.80. The van der Waals surface area contributed by atoms with Gasteiger partial charge in [0.1, 0.15) is 5.78 Å². The first kappa shape index (κ1) is 19.0. The Morgan fingerprint density at radius 3 is 1.74 bits per heavy atom. The van der Waals surface area contributed by atoms with Crippen molar-refractivity contribution < 1.29 is 4.79 Å². The predicted octanol–water partition coefficient (Wildman–Crippen LogP) is 5.82. The third-order valence-electron chi connectivity index (χ3n) is 4.18. The molecule has 0 aliphatic rings. The summed E-state index contributed by atoms with van der Waals surface area (Å²) < 4.78 is 0. The average Bonchev–Trinajstić information content (AvgIpc) is 2.40. The lowest BCUT2D eigenvalue weighted by atomic mass is 9.75. The molecule has 0 saturated carbocycles. The second-order valence-electron chi connectivity index (χ2n) is 6.08. The van der Waals surface area contributed by atoms with Crippen molar-refractivity contribution in [2.45, 2.75) is 91.4 Å². The summed E-state index contributed by atoms with van der Waals surface area (Å²) in [4.78, 5) is 12.3. The molecule has 0 atom stereocenters. The Bertz CT molecular complexity index is 213. The van der Waals surface area contributed by atoms with E-state index in [1.54, 1.807) is 0 Å². The fourth-order valence-electron chi connectivity index (χ4n) is 2.69. The van der Waals surface area contributed by atoms with Gasteiger partial charge in [0, 0.05) is 11.8 Å². The summed E-state index contributed by atoms with van der Waals surface area (Å²) in [5.74, 6) is 1.13. The highest BCUT2D eigenvalue weighted by Gasteiger charge is 2.30. The topological polar surface area (TPSA) is 17.1 Å². The highest BCUT2D eigenvalue weighted by atomic mass is 32.1. The van der Waals surface area contributed by atoms with Crippen LogP contribution in [0.5, 0.6) is 0 Å². The Morgan fingerprint density at radius 1 is 0.895 bits per heavy atom. The molecular formula is C17H34OS. The zero-order valence-electron chi connectivity index (χ0n) is 13.3. The number of rotatable bonds is 13. The summed E-state index contributed by atoms with van der Waals surface area (Å²) in [6.45, 7) is 6.66. The number of thiol groups is 1. The van der Waals surface area contributed by atoms with Crippen LogP contribution in [0.2, 0.25) is 0 Å². The molecule has 0 spiro atoms. The van der Waals surface area contributed by atoms with Crippen LogP contribution in [0.25, 0.3) is 0 Å². The molecule has 0 rings (SSSR count). The molecule has 0 radical (unpaired) electrons. The lowest BCUT2D eigenvalue weighted by Gasteiger charge is -2.28. The van der Waals surface area contributed by atoms with Crippen LogP contribution in [0.3, 0.4) is 0 Å². The first-order chi connectivity index (χ1) is 9.10. The predicted molar refractivity (Wildman–Crippen MR) is 89.1 cm³/mol.